The molecule has 1 N–H and O–H groups in total. The predicted octanol–water partition coefficient (Wildman–Crippen LogP) is 9.22. The summed E-state index contributed by atoms with van der Waals surface area (Å²) in [6.45, 7) is 13.0. The first-order chi connectivity index (χ1) is 21.5. The standard InChI is InChI=1S/C20H28O4.C19H26O2/c1-6-7-14-11-17(22-3)19(18(12-14)23-4)16-10-13(2)8-9-15(16)20(21)24-5;1-5-6-13-10-16(20)18-14-9-12(2)7-8-15(14)19(3,4)21-17(18)11-13/h10-12,15-16H,6-9H2,1-5H3;9-11,14-15,20H,5-8H2,1-4H3/t15-,16-;14?,15-/m11/s1. The number of ether oxygens (including phenoxy) is 4. The Labute approximate surface area is 270 Å². The Balaban J connectivity index is 0.000000206. The van der Waals surface area contributed by atoms with E-state index < -0.39 is 0 Å². The highest BCUT2D eigenvalue weighted by atomic mass is 16.5. The first kappa shape index (κ1) is 34.5. The molecule has 5 rings (SSSR count). The molecule has 1 unspecified atom stereocenters. The normalized spacial score (nSPS) is 23.1. The van der Waals surface area contributed by atoms with Crippen LogP contribution in [0.15, 0.2) is 47.6 Å². The topological polar surface area (TPSA) is 74.2 Å². The van der Waals surface area contributed by atoms with Gasteiger partial charge in [0.25, 0.3) is 0 Å². The molecule has 2 aromatic rings. The molecule has 45 heavy (non-hydrogen) atoms. The number of phenols is 1. The van der Waals surface area contributed by atoms with Crippen LogP contribution in [-0.4, -0.2) is 38.0 Å². The first-order valence-electron chi connectivity index (χ1n) is 16.7. The number of aromatic hydroxyl groups is 1. The first-order valence-corrected chi connectivity index (χ1v) is 16.7. The van der Waals surface area contributed by atoms with Crippen molar-refractivity contribution in [3.8, 4) is 23.0 Å². The Morgan fingerprint density at radius 2 is 1.40 bits per heavy atom. The summed E-state index contributed by atoms with van der Waals surface area (Å²) in [6.07, 6.45) is 12.5. The average Bonchev–Trinajstić information content (AvgIpc) is 3.00. The Morgan fingerprint density at radius 1 is 0.844 bits per heavy atom. The third kappa shape index (κ3) is 7.53. The predicted molar refractivity (Wildman–Crippen MR) is 181 cm³/mol. The molecule has 3 aliphatic rings. The van der Waals surface area contributed by atoms with E-state index in [0.717, 1.165) is 79.7 Å². The highest BCUT2D eigenvalue weighted by Gasteiger charge is 2.45. The van der Waals surface area contributed by atoms with Crippen molar-refractivity contribution < 1.29 is 28.8 Å². The molecule has 1 heterocycles. The molecule has 0 saturated heterocycles. The summed E-state index contributed by atoms with van der Waals surface area (Å²) in [6, 6.07) is 8.19. The van der Waals surface area contributed by atoms with E-state index >= 15 is 0 Å². The summed E-state index contributed by atoms with van der Waals surface area (Å²) in [5.41, 5.74) is 6.82. The summed E-state index contributed by atoms with van der Waals surface area (Å²) >= 11 is 0. The zero-order chi connectivity index (χ0) is 32.9. The van der Waals surface area contributed by atoms with Crippen molar-refractivity contribution in [1.82, 2.24) is 0 Å². The van der Waals surface area contributed by atoms with Gasteiger partial charge in [0.05, 0.1) is 27.2 Å². The molecule has 0 amide bonds. The molecule has 1 aliphatic heterocycles. The molecule has 2 aromatic carbocycles. The van der Waals surface area contributed by atoms with Crippen LogP contribution in [0.3, 0.4) is 0 Å². The Hall–Kier alpha value is -3.41. The summed E-state index contributed by atoms with van der Waals surface area (Å²) in [5, 5.41) is 10.5. The maximum absolute atomic E-state index is 12.3. The van der Waals surface area contributed by atoms with Gasteiger partial charge in [-0.2, -0.15) is 0 Å². The van der Waals surface area contributed by atoms with Gasteiger partial charge in [0.15, 0.2) is 0 Å². The van der Waals surface area contributed by atoms with Crippen molar-refractivity contribution >= 4 is 5.97 Å². The third-order valence-corrected chi connectivity index (χ3v) is 9.79. The van der Waals surface area contributed by atoms with E-state index in [2.05, 4.69) is 71.9 Å². The second kappa shape index (κ2) is 14.8. The van der Waals surface area contributed by atoms with Crippen LogP contribution in [0.25, 0.3) is 0 Å². The zero-order valence-corrected chi connectivity index (χ0v) is 28.9. The van der Waals surface area contributed by atoms with Crippen LogP contribution < -0.4 is 14.2 Å². The van der Waals surface area contributed by atoms with Crippen LogP contribution >= 0.6 is 0 Å². The highest BCUT2D eigenvalue weighted by Crippen LogP contribution is 2.53. The molecule has 4 atom stereocenters. The lowest BCUT2D eigenvalue weighted by molar-refractivity contribution is -0.146. The number of allylic oxidation sites excluding steroid dienone is 4. The molecule has 0 bridgehead atoms. The minimum Gasteiger partial charge on any atom is -0.507 e. The number of hydrogen-bond donors (Lipinski definition) is 1. The molecule has 0 radical (unpaired) electrons. The van der Waals surface area contributed by atoms with Crippen molar-refractivity contribution in [2.75, 3.05) is 21.3 Å². The van der Waals surface area contributed by atoms with Crippen molar-refractivity contribution in [3.05, 3.63) is 69.8 Å². The number of methoxy groups -OCH3 is 3. The van der Waals surface area contributed by atoms with E-state index in [1.54, 1.807) is 14.2 Å². The fourth-order valence-electron chi connectivity index (χ4n) is 7.54. The summed E-state index contributed by atoms with van der Waals surface area (Å²) in [7, 11) is 4.78. The van der Waals surface area contributed by atoms with Crippen molar-refractivity contribution in [2.24, 2.45) is 11.8 Å². The maximum atomic E-state index is 12.3. The zero-order valence-electron chi connectivity index (χ0n) is 28.9. The Kier molecular flexibility index (Phi) is 11.3. The fourth-order valence-corrected chi connectivity index (χ4v) is 7.54. The number of hydrogen-bond acceptors (Lipinski definition) is 6. The van der Waals surface area contributed by atoms with Crippen LogP contribution in [0.4, 0.5) is 0 Å². The highest BCUT2D eigenvalue weighted by molar-refractivity contribution is 5.75. The molecule has 6 heteroatoms. The van der Waals surface area contributed by atoms with E-state index in [-0.39, 0.29) is 29.3 Å². The second-order valence-corrected chi connectivity index (χ2v) is 13.5. The number of benzene rings is 2. The van der Waals surface area contributed by atoms with E-state index in [1.165, 1.54) is 29.4 Å². The van der Waals surface area contributed by atoms with Gasteiger partial charge in [-0.1, -0.05) is 50.0 Å². The van der Waals surface area contributed by atoms with Crippen molar-refractivity contribution in [1.29, 1.82) is 0 Å². The van der Waals surface area contributed by atoms with Gasteiger partial charge in [-0.05, 0) is 102 Å². The quantitative estimate of drug-likeness (QED) is 0.235. The van der Waals surface area contributed by atoms with Gasteiger partial charge in [0.1, 0.15) is 28.6 Å². The summed E-state index contributed by atoms with van der Waals surface area (Å²) in [4.78, 5) is 12.3. The molecule has 0 spiro atoms. The van der Waals surface area contributed by atoms with Crippen molar-refractivity contribution in [2.45, 2.75) is 110 Å². The number of rotatable bonds is 8. The molecule has 0 aromatic heterocycles. The molecular formula is C39H54O6. The number of carbonyl (C=O) groups is 1. The van der Waals surface area contributed by atoms with Crippen LogP contribution in [-0.2, 0) is 22.4 Å². The number of carbonyl (C=O) groups excluding carboxylic acids is 1. The fraction of sp³-hybridized carbons (Fsp3) is 0.564. The number of esters is 1. The van der Waals surface area contributed by atoms with Gasteiger partial charge in [0, 0.05) is 28.9 Å². The average molecular weight is 619 g/mol. The van der Waals surface area contributed by atoms with Gasteiger partial charge >= 0.3 is 5.97 Å². The van der Waals surface area contributed by atoms with E-state index in [4.69, 9.17) is 18.9 Å². The lowest BCUT2D eigenvalue weighted by Gasteiger charge is -2.46. The molecular weight excluding hydrogens is 564 g/mol. The van der Waals surface area contributed by atoms with Crippen molar-refractivity contribution in [3.63, 3.8) is 0 Å². The second-order valence-electron chi connectivity index (χ2n) is 13.5. The molecule has 2 aliphatic carbocycles. The largest absolute Gasteiger partial charge is 0.507 e. The van der Waals surface area contributed by atoms with Crippen LogP contribution in [0.1, 0.15) is 114 Å². The van der Waals surface area contributed by atoms with E-state index in [1.807, 2.05) is 6.07 Å². The SMILES string of the molecule is CCCc1cc(O)c2c(c1)OC(C)(C)[C@@H]1CCC(C)=CC21.CCCc1cc(OC)c([C@@H]2C=C(C)CC[C@H]2C(=O)OC)c(OC)c1. The minimum atomic E-state index is -0.210. The number of aryl methyl sites for hydroxylation is 2. The summed E-state index contributed by atoms with van der Waals surface area (Å²) < 4.78 is 22.7. The van der Waals surface area contributed by atoms with Gasteiger partial charge in [-0.3, -0.25) is 4.79 Å². The Morgan fingerprint density at radius 3 is 1.96 bits per heavy atom. The maximum Gasteiger partial charge on any atom is 0.309 e. The molecule has 246 valence electrons. The lowest BCUT2D eigenvalue weighted by atomic mass is 9.68. The van der Waals surface area contributed by atoms with Gasteiger partial charge in [0.2, 0.25) is 0 Å². The molecule has 0 fully saturated rings. The molecule has 6 nitrogen and oxygen atoms in total. The van der Waals surface area contributed by atoms with Crippen LogP contribution in [0.2, 0.25) is 0 Å². The van der Waals surface area contributed by atoms with Crippen LogP contribution in [0.5, 0.6) is 23.0 Å². The lowest BCUT2D eigenvalue weighted by Crippen LogP contribution is -2.45. The van der Waals surface area contributed by atoms with E-state index in [9.17, 15) is 9.90 Å². The van der Waals surface area contributed by atoms with E-state index in [0.29, 0.717) is 11.7 Å². The number of fused-ring (bicyclic) bond motifs is 3. The van der Waals surface area contributed by atoms with Crippen LogP contribution in [0, 0.1) is 11.8 Å². The minimum absolute atomic E-state index is 0.0909. The Bertz CT molecular complexity index is 1390. The summed E-state index contributed by atoms with van der Waals surface area (Å²) in [5.74, 6) is 3.11. The number of phenolic OH excluding ortho intramolecular Hbond substituents is 1. The van der Waals surface area contributed by atoms with Gasteiger partial charge in [-0.15, -0.1) is 0 Å². The van der Waals surface area contributed by atoms with Gasteiger partial charge in [-0.25, -0.2) is 0 Å². The molecule has 0 saturated carbocycles. The third-order valence-electron chi connectivity index (χ3n) is 9.79. The smallest absolute Gasteiger partial charge is 0.309 e. The monoisotopic (exact) mass is 618 g/mol. The van der Waals surface area contributed by atoms with Gasteiger partial charge < -0.3 is 24.1 Å².